The van der Waals surface area contributed by atoms with Crippen LogP contribution in [0.5, 0.6) is 0 Å². The summed E-state index contributed by atoms with van der Waals surface area (Å²) < 4.78 is 0. The first-order valence-electron chi connectivity index (χ1n) is 5.57. The molecule has 0 saturated carbocycles. The molecule has 6 heteroatoms. The Labute approximate surface area is 102 Å². The molecule has 0 heterocycles. The SMILES string of the molecule is CCN(CC(C)(C)O)C(=O)N(C)C(C)C(=O)O. The summed E-state index contributed by atoms with van der Waals surface area (Å²) >= 11 is 0. The first-order chi connectivity index (χ1) is 7.60. The number of carboxylic acid groups (broad SMARTS) is 1. The molecule has 0 bridgehead atoms. The molecule has 0 rings (SSSR count). The normalized spacial score (nSPS) is 13.1. The van der Waals surface area contributed by atoms with Gasteiger partial charge in [0.2, 0.25) is 0 Å². The lowest BCUT2D eigenvalue weighted by atomic mass is 10.1. The van der Waals surface area contributed by atoms with Gasteiger partial charge in [0.15, 0.2) is 0 Å². The van der Waals surface area contributed by atoms with Crippen LogP contribution in [0.3, 0.4) is 0 Å². The Morgan fingerprint density at radius 1 is 1.35 bits per heavy atom. The van der Waals surface area contributed by atoms with E-state index in [1.54, 1.807) is 20.8 Å². The van der Waals surface area contributed by atoms with E-state index in [-0.39, 0.29) is 6.54 Å². The first kappa shape index (κ1) is 15.7. The Morgan fingerprint density at radius 2 is 1.82 bits per heavy atom. The smallest absolute Gasteiger partial charge is 0.326 e. The molecule has 2 N–H and O–H groups in total. The van der Waals surface area contributed by atoms with Gasteiger partial charge >= 0.3 is 12.0 Å². The lowest BCUT2D eigenvalue weighted by molar-refractivity contribution is -0.141. The number of likely N-dealkylation sites (N-methyl/N-ethyl adjacent to an activating group) is 2. The van der Waals surface area contributed by atoms with Crippen LogP contribution < -0.4 is 0 Å². The zero-order valence-electron chi connectivity index (χ0n) is 11.1. The van der Waals surface area contributed by atoms with Crippen molar-refractivity contribution in [3.63, 3.8) is 0 Å². The minimum Gasteiger partial charge on any atom is -0.480 e. The van der Waals surface area contributed by atoms with Crippen molar-refractivity contribution in [1.82, 2.24) is 9.80 Å². The Hall–Kier alpha value is -1.30. The van der Waals surface area contributed by atoms with Crippen molar-refractivity contribution in [3.8, 4) is 0 Å². The van der Waals surface area contributed by atoms with Crippen LogP contribution in [0.4, 0.5) is 4.79 Å². The fraction of sp³-hybridized carbons (Fsp3) is 0.818. The van der Waals surface area contributed by atoms with Crippen LogP contribution in [0, 0.1) is 0 Å². The Morgan fingerprint density at radius 3 is 2.12 bits per heavy atom. The molecule has 1 unspecified atom stereocenters. The quantitative estimate of drug-likeness (QED) is 0.744. The highest BCUT2D eigenvalue weighted by molar-refractivity contribution is 5.82. The van der Waals surface area contributed by atoms with Crippen LogP contribution in [-0.2, 0) is 4.79 Å². The summed E-state index contributed by atoms with van der Waals surface area (Å²) in [5.74, 6) is -1.06. The van der Waals surface area contributed by atoms with Crippen LogP contribution >= 0.6 is 0 Å². The number of carbonyl (C=O) groups is 2. The molecule has 1 atom stereocenters. The minimum absolute atomic E-state index is 0.166. The topological polar surface area (TPSA) is 81.1 Å². The molecule has 0 radical (unpaired) electrons. The predicted octanol–water partition coefficient (Wildman–Crippen LogP) is 0.604. The van der Waals surface area contributed by atoms with Crippen molar-refractivity contribution in [2.24, 2.45) is 0 Å². The number of aliphatic hydroxyl groups is 1. The van der Waals surface area contributed by atoms with Crippen molar-refractivity contribution >= 4 is 12.0 Å². The van der Waals surface area contributed by atoms with Crippen LogP contribution in [0.1, 0.15) is 27.7 Å². The zero-order chi connectivity index (χ0) is 13.8. The number of carbonyl (C=O) groups excluding carboxylic acids is 1. The van der Waals surface area contributed by atoms with Gasteiger partial charge in [-0.1, -0.05) is 0 Å². The van der Waals surface area contributed by atoms with Crippen molar-refractivity contribution in [1.29, 1.82) is 0 Å². The van der Waals surface area contributed by atoms with Gasteiger partial charge in [0.05, 0.1) is 12.1 Å². The first-order valence-corrected chi connectivity index (χ1v) is 5.57. The van der Waals surface area contributed by atoms with E-state index < -0.39 is 23.6 Å². The summed E-state index contributed by atoms with van der Waals surface area (Å²) in [6, 6.07) is -1.29. The van der Waals surface area contributed by atoms with E-state index in [1.165, 1.54) is 18.9 Å². The molecule has 0 fully saturated rings. The van der Waals surface area contributed by atoms with Gasteiger partial charge in [0.25, 0.3) is 0 Å². The van der Waals surface area contributed by atoms with Gasteiger partial charge in [-0.2, -0.15) is 0 Å². The van der Waals surface area contributed by atoms with Gasteiger partial charge in [-0.25, -0.2) is 9.59 Å². The van der Waals surface area contributed by atoms with Crippen molar-refractivity contribution < 1.29 is 19.8 Å². The Bertz CT molecular complexity index is 286. The standard InChI is InChI=1S/C11H22N2O4/c1-6-13(7-11(3,4)17)10(16)12(5)8(2)9(14)15/h8,17H,6-7H2,1-5H3,(H,14,15). The highest BCUT2D eigenvalue weighted by Gasteiger charge is 2.28. The third-order valence-corrected chi connectivity index (χ3v) is 2.47. The maximum absolute atomic E-state index is 12.0. The number of amides is 2. The zero-order valence-corrected chi connectivity index (χ0v) is 11.1. The number of carboxylic acids is 1. The van der Waals surface area contributed by atoms with Crippen LogP contribution in [0.15, 0.2) is 0 Å². The molecule has 0 aliphatic heterocycles. The van der Waals surface area contributed by atoms with Crippen molar-refractivity contribution in [2.45, 2.75) is 39.3 Å². The van der Waals surface area contributed by atoms with Crippen molar-refractivity contribution in [3.05, 3.63) is 0 Å². The number of aliphatic carboxylic acids is 1. The number of rotatable bonds is 5. The maximum Gasteiger partial charge on any atom is 0.326 e. The average Bonchev–Trinajstić information content (AvgIpc) is 2.21. The van der Waals surface area contributed by atoms with E-state index in [0.29, 0.717) is 6.54 Å². The molecule has 0 aliphatic carbocycles. The molecule has 0 spiro atoms. The summed E-state index contributed by atoms with van der Waals surface area (Å²) in [6.07, 6.45) is 0. The molecule has 6 nitrogen and oxygen atoms in total. The lowest BCUT2D eigenvalue weighted by Crippen LogP contribution is -2.51. The van der Waals surface area contributed by atoms with Crippen molar-refractivity contribution in [2.75, 3.05) is 20.1 Å². The third-order valence-electron chi connectivity index (χ3n) is 2.47. The minimum atomic E-state index is -1.06. The van der Waals surface area contributed by atoms with Gasteiger partial charge in [-0.15, -0.1) is 0 Å². The second kappa shape index (κ2) is 5.86. The van der Waals surface area contributed by atoms with E-state index in [1.807, 2.05) is 0 Å². The Kier molecular flexibility index (Phi) is 5.41. The molecule has 17 heavy (non-hydrogen) atoms. The number of urea groups is 1. The average molecular weight is 246 g/mol. The number of hydrogen-bond acceptors (Lipinski definition) is 3. The maximum atomic E-state index is 12.0. The summed E-state index contributed by atoms with van der Waals surface area (Å²) in [5.41, 5.74) is -1.00. The van der Waals surface area contributed by atoms with Gasteiger partial charge < -0.3 is 20.0 Å². The largest absolute Gasteiger partial charge is 0.480 e. The van der Waals surface area contributed by atoms with Gasteiger partial charge in [-0.05, 0) is 27.7 Å². The van der Waals surface area contributed by atoms with E-state index in [9.17, 15) is 14.7 Å². The number of nitrogens with zero attached hydrogens (tertiary/aromatic N) is 2. The van der Waals surface area contributed by atoms with E-state index in [4.69, 9.17) is 5.11 Å². The number of hydrogen-bond donors (Lipinski definition) is 2. The lowest BCUT2D eigenvalue weighted by Gasteiger charge is -2.33. The van der Waals surface area contributed by atoms with Gasteiger partial charge in [-0.3, -0.25) is 0 Å². The second-order valence-electron chi connectivity index (χ2n) is 4.73. The summed E-state index contributed by atoms with van der Waals surface area (Å²) in [7, 11) is 1.44. The third kappa shape index (κ3) is 5.04. The predicted molar refractivity (Wildman–Crippen MR) is 63.8 cm³/mol. The van der Waals surface area contributed by atoms with E-state index in [2.05, 4.69) is 0 Å². The van der Waals surface area contributed by atoms with Crippen LogP contribution in [-0.4, -0.2) is 63.8 Å². The molecule has 2 amide bonds. The van der Waals surface area contributed by atoms with E-state index in [0.717, 1.165) is 4.90 Å². The highest BCUT2D eigenvalue weighted by atomic mass is 16.4. The molecule has 100 valence electrons. The van der Waals surface area contributed by atoms with Crippen LogP contribution in [0.25, 0.3) is 0 Å². The monoisotopic (exact) mass is 246 g/mol. The molecule has 0 aliphatic rings. The fourth-order valence-corrected chi connectivity index (χ4v) is 1.34. The van der Waals surface area contributed by atoms with Gasteiger partial charge in [0, 0.05) is 13.6 Å². The summed E-state index contributed by atoms with van der Waals surface area (Å²) in [4.78, 5) is 25.3. The van der Waals surface area contributed by atoms with E-state index >= 15 is 0 Å². The Balaban J connectivity index is 4.70. The summed E-state index contributed by atoms with van der Waals surface area (Å²) in [6.45, 7) is 7.01. The fourth-order valence-electron chi connectivity index (χ4n) is 1.34. The molecule has 0 aromatic heterocycles. The van der Waals surface area contributed by atoms with Crippen LogP contribution in [0.2, 0.25) is 0 Å². The highest BCUT2D eigenvalue weighted by Crippen LogP contribution is 2.09. The molecular formula is C11H22N2O4. The molecular weight excluding hydrogens is 224 g/mol. The molecule has 0 saturated heterocycles. The molecule has 0 aromatic rings. The second-order valence-corrected chi connectivity index (χ2v) is 4.73. The molecule has 0 aromatic carbocycles. The summed E-state index contributed by atoms with van der Waals surface area (Å²) in [5, 5.41) is 18.5. The van der Waals surface area contributed by atoms with Gasteiger partial charge in [0.1, 0.15) is 6.04 Å².